The summed E-state index contributed by atoms with van der Waals surface area (Å²) in [6.45, 7) is 3.71. The summed E-state index contributed by atoms with van der Waals surface area (Å²) >= 11 is 0. The molecule has 2 aromatic rings. The molecule has 1 heterocycles. The van der Waals surface area contributed by atoms with Crippen LogP contribution < -0.4 is 10.6 Å². The Balaban J connectivity index is 1.60. The summed E-state index contributed by atoms with van der Waals surface area (Å²) in [7, 11) is 0. The molecule has 0 radical (unpaired) electrons. The number of nitrogens with one attached hydrogen (secondary N) is 2. The van der Waals surface area contributed by atoms with Gasteiger partial charge in [-0.2, -0.15) is 0 Å². The van der Waals surface area contributed by atoms with Crippen LogP contribution in [0.25, 0.3) is 0 Å². The Morgan fingerprint density at radius 1 is 1.10 bits per heavy atom. The fraction of sp³-hybridized carbons (Fsp3) is 0.417. The van der Waals surface area contributed by atoms with Crippen LogP contribution in [0.3, 0.4) is 0 Å². The second-order valence-corrected chi connectivity index (χ2v) is 7.89. The van der Waals surface area contributed by atoms with E-state index in [1.165, 1.54) is 5.56 Å². The minimum Gasteiger partial charge on any atom is -0.396 e. The summed E-state index contributed by atoms with van der Waals surface area (Å²) in [4.78, 5) is 27.5. The lowest BCUT2D eigenvalue weighted by Gasteiger charge is -2.34. The molecule has 2 amide bonds. The number of hydrogen-bond donors (Lipinski definition) is 3. The number of aliphatic hydroxyl groups excluding tert-OH is 1. The minimum atomic E-state index is -0.220. The van der Waals surface area contributed by atoms with Crippen LogP contribution in [0.2, 0.25) is 0 Å². The highest BCUT2D eigenvalue weighted by Crippen LogP contribution is 2.20. The number of benzene rings is 2. The number of piperidine rings is 1. The number of aryl methyl sites for hydroxylation is 1. The number of carbonyl (C=O) groups excluding carboxylic acids is 2. The maximum atomic E-state index is 12.7. The second kappa shape index (κ2) is 10.9. The lowest BCUT2D eigenvalue weighted by atomic mass is 9.99. The zero-order chi connectivity index (χ0) is 21.3. The molecule has 1 atom stereocenters. The zero-order valence-corrected chi connectivity index (χ0v) is 17.6. The third-order valence-electron chi connectivity index (χ3n) is 5.58. The Labute approximate surface area is 178 Å². The molecule has 6 heteroatoms. The van der Waals surface area contributed by atoms with E-state index in [1.807, 2.05) is 37.3 Å². The van der Waals surface area contributed by atoms with Gasteiger partial charge in [-0.05, 0) is 50.4 Å². The topological polar surface area (TPSA) is 81.7 Å². The molecular formula is C24H31N3O3. The zero-order valence-electron chi connectivity index (χ0n) is 17.6. The molecule has 1 unspecified atom stereocenters. The van der Waals surface area contributed by atoms with Crippen LogP contribution in [0, 0.1) is 6.92 Å². The quantitative estimate of drug-likeness (QED) is 0.626. The summed E-state index contributed by atoms with van der Waals surface area (Å²) in [5.41, 5.74) is 3.16. The van der Waals surface area contributed by atoms with E-state index < -0.39 is 0 Å². The minimum absolute atomic E-state index is 0.132. The average molecular weight is 410 g/mol. The second-order valence-electron chi connectivity index (χ2n) is 7.89. The maximum Gasteiger partial charge on any atom is 0.253 e. The first-order valence-electron chi connectivity index (χ1n) is 10.6. The number of aliphatic hydroxyl groups is 1. The number of amides is 2. The van der Waals surface area contributed by atoms with Gasteiger partial charge in [-0.1, -0.05) is 48.4 Å². The number of rotatable bonds is 8. The van der Waals surface area contributed by atoms with Gasteiger partial charge >= 0.3 is 0 Å². The van der Waals surface area contributed by atoms with Gasteiger partial charge in [-0.3, -0.25) is 14.5 Å². The van der Waals surface area contributed by atoms with Crippen LogP contribution in [0.4, 0.5) is 5.69 Å². The highest BCUT2D eigenvalue weighted by atomic mass is 16.3. The predicted molar refractivity (Wildman–Crippen MR) is 118 cm³/mol. The first-order chi connectivity index (χ1) is 14.6. The lowest BCUT2D eigenvalue weighted by molar-refractivity contribution is -0.118. The van der Waals surface area contributed by atoms with Crippen molar-refractivity contribution in [2.45, 2.75) is 45.2 Å². The molecular weight excluding hydrogens is 378 g/mol. The van der Waals surface area contributed by atoms with Crippen molar-refractivity contribution in [3.05, 3.63) is 65.2 Å². The molecule has 160 valence electrons. The highest BCUT2D eigenvalue weighted by molar-refractivity contribution is 6.04. The molecule has 3 rings (SSSR count). The Bertz CT molecular complexity index is 849. The molecule has 6 nitrogen and oxygen atoms in total. The molecule has 0 spiro atoms. The van der Waals surface area contributed by atoms with E-state index >= 15 is 0 Å². The van der Waals surface area contributed by atoms with Gasteiger partial charge in [0.05, 0.1) is 17.8 Å². The molecule has 1 aliphatic rings. The maximum absolute atomic E-state index is 12.7. The van der Waals surface area contributed by atoms with E-state index in [-0.39, 0.29) is 31.0 Å². The van der Waals surface area contributed by atoms with E-state index in [1.54, 1.807) is 18.2 Å². The van der Waals surface area contributed by atoms with Crippen LogP contribution in [0.1, 0.15) is 47.2 Å². The summed E-state index contributed by atoms with van der Waals surface area (Å²) < 4.78 is 0. The molecule has 3 N–H and O–H groups in total. The largest absolute Gasteiger partial charge is 0.396 e. The van der Waals surface area contributed by atoms with Crippen molar-refractivity contribution < 1.29 is 14.7 Å². The van der Waals surface area contributed by atoms with E-state index in [2.05, 4.69) is 15.5 Å². The molecule has 0 bridgehead atoms. The first kappa shape index (κ1) is 22.0. The van der Waals surface area contributed by atoms with Gasteiger partial charge in [-0.25, -0.2) is 0 Å². The fourth-order valence-electron chi connectivity index (χ4n) is 3.89. The van der Waals surface area contributed by atoms with E-state index in [4.69, 9.17) is 0 Å². The third kappa shape index (κ3) is 6.15. The van der Waals surface area contributed by atoms with Crippen molar-refractivity contribution in [1.29, 1.82) is 0 Å². The number of carbonyl (C=O) groups is 2. The van der Waals surface area contributed by atoms with Crippen LogP contribution in [-0.4, -0.2) is 47.6 Å². The molecule has 1 aliphatic heterocycles. The first-order valence-corrected chi connectivity index (χ1v) is 10.6. The van der Waals surface area contributed by atoms with Gasteiger partial charge in [0.2, 0.25) is 5.91 Å². The molecule has 2 aromatic carbocycles. The van der Waals surface area contributed by atoms with E-state index in [9.17, 15) is 14.7 Å². The number of anilines is 1. The summed E-state index contributed by atoms with van der Waals surface area (Å²) in [5, 5.41) is 15.1. The average Bonchev–Trinajstić information content (AvgIpc) is 2.75. The SMILES string of the molecule is Cc1ccc(CNC(=O)c2ccccc2NC(=O)CN2CCCCC2CCO)cc1. The van der Waals surface area contributed by atoms with Crippen molar-refractivity contribution in [3.8, 4) is 0 Å². The van der Waals surface area contributed by atoms with Crippen molar-refractivity contribution >= 4 is 17.5 Å². The number of nitrogens with zero attached hydrogens (tertiary/aromatic N) is 1. The standard InChI is InChI=1S/C24H31N3O3/c1-18-9-11-19(12-10-18)16-25-24(30)21-7-2-3-8-22(21)26-23(29)17-27-14-5-4-6-20(27)13-15-28/h2-3,7-12,20,28H,4-6,13-17H2,1H3,(H,25,30)(H,26,29). The molecule has 0 aromatic heterocycles. The van der Waals surface area contributed by atoms with Gasteiger partial charge in [0, 0.05) is 19.2 Å². The Kier molecular flexibility index (Phi) is 7.99. The summed E-state index contributed by atoms with van der Waals surface area (Å²) in [6, 6.07) is 15.3. The molecule has 1 saturated heterocycles. The van der Waals surface area contributed by atoms with Crippen molar-refractivity contribution in [1.82, 2.24) is 10.2 Å². The highest BCUT2D eigenvalue weighted by Gasteiger charge is 2.24. The van der Waals surface area contributed by atoms with Crippen molar-refractivity contribution in [2.75, 3.05) is 25.0 Å². The van der Waals surface area contributed by atoms with Crippen LogP contribution in [0.5, 0.6) is 0 Å². The Hall–Kier alpha value is -2.70. The monoisotopic (exact) mass is 409 g/mol. The van der Waals surface area contributed by atoms with Gasteiger partial charge < -0.3 is 15.7 Å². The molecule has 30 heavy (non-hydrogen) atoms. The van der Waals surface area contributed by atoms with Crippen molar-refractivity contribution in [2.24, 2.45) is 0 Å². The molecule has 0 aliphatic carbocycles. The summed E-state index contributed by atoms with van der Waals surface area (Å²) in [5.74, 6) is -0.360. The Morgan fingerprint density at radius 3 is 2.63 bits per heavy atom. The molecule has 0 saturated carbocycles. The van der Waals surface area contributed by atoms with Crippen LogP contribution in [-0.2, 0) is 11.3 Å². The smallest absolute Gasteiger partial charge is 0.253 e. The fourth-order valence-corrected chi connectivity index (χ4v) is 3.89. The lowest BCUT2D eigenvalue weighted by Crippen LogP contribution is -2.44. The predicted octanol–water partition coefficient (Wildman–Crippen LogP) is 3.10. The Morgan fingerprint density at radius 2 is 1.87 bits per heavy atom. The van der Waals surface area contributed by atoms with Gasteiger partial charge in [0.15, 0.2) is 0 Å². The van der Waals surface area contributed by atoms with Gasteiger partial charge in [0.1, 0.15) is 0 Å². The third-order valence-corrected chi connectivity index (χ3v) is 5.58. The number of likely N-dealkylation sites (tertiary alicyclic amines) is 1. The van der Waals surface area contributed by atoms with E-state index in [0.717, 1.165) is 31.4 Å². The normalized spacial score (nSPS) is 16.8. The number of para-hydroxylation sites is 1. The van der Waals surface area contributed by atoms with Crippen LogP contribution >= 0.6 is 0 Å². The van der Waals surface area contributed by atoms with Gasteiger partial charge in [0.25, 0.3) is 5.91 Å². The summed E-state index contributed by atoms with van der Waals surface area (Å²) in [6.07, 6.45) is 3.89. The van der Waals surface area contributed by atoms with Crippen molar-refractivity contribution in [3.63, 3.8) is 0 Å². The number of hydrogen-bond acceptors (Lipinski definition) is 4. The van der Waals surface area contributed by atoms with Crippen LogP contribution in [0.15, 0.2) is 48.5 Å². The molecule has 1 fully saturated rings. The van der Waals surface area contributed by atoms with E-state index in [0.29, 0.717) is 24.2 Å². The van der Waals surface area contributed by atoms with Gasteiger partial charge in [-0.15, -0.1) is 0 Å².